The van der Waals surface area contributed by atoms with Crippen LogP contribution < -0.4 is 16.0 Å². The Morgan fingerprint density at radius 2 is 1.80 bits per heavy atom. The third-order valence-corrected chi connectivity index (χ3v) is 4.57. The Bertz CT molecular complexity index is 753. The van der Waals surface area contributed by atoms with E-state index in [2.05, 4.69) is 68.9 Å². The molecule has 1 aromatic carbocycles. The first-order valence-corrected chi connectivity index (χ1v) is 10.2. The van der Waals surface area contributed by atoms with Gasteiger partial charge in [0, 0.05) is 19.3 Å². The molecule has 30 heavy (non-hydrogen) atoms. The van der Waals surface area contributed by atoms with Gasteiger partial charge in [-0.25, -0.2) is 4.99 Å². The summed E-state index contributed by atoms with van der Waals surface area (Å²) < 4.78 is 0. The Kier molecular flexibility index (Phi) is 12.7. The van der Waals surface area contributed by atoms with Crippen LogP contribution in [-0.4, -0.2) is 54.5 Å². The van der Waals surface area contributed by atoms with E-state index in [9.17, 15) is 4.79 Å². The number of benzene rings is 1. The van der Waals surface area contributed by atoms with Crippen LogP contribution in [0.5, 0.6) is 0 Å². The topological polar surface area (TPSA) is 81.6 Å². The van der Waals surface area contributed by atoms with Gasteiger partial charge in [-0.2, -0.15) is 0 Å². The fourth-order valence-corrected chi connectivity index (χ4v) is 3.12. The van der Waals surface area contributed by atoms with E-state index < -0.39 is 0 Å². The minimum absolute atomic E-state index is 0. The molecule has 2 rings (SSSR count). The van der Waals surface area contributed by atoms with E-state index in [-0.39, 0.29) is 42.5 Å². The number of nitrogens with zero attached hydrogens (tertiary/aromatic N) is 3. The largest absolute Gasteiger partial charge is 0.357 e. The number of hydrogen-bond donors (Lipinski definition) is 3. The van der Waals surface area contributed by atoms with Crippen LogP contribution in [0.3, 0.4) is 0 Å². The smallest absolute Gasteiger partial charge is 0.246 e. The zero-order valence-electron chi connectivity index (χ0n) is 18.0. The summed E-state index contributed by atoms with van der Waals surface area (Å²) >= 11 is 0. The Morgan fingerprint density at radius 3 is 2.40 bits per heavy atom. The number of likely N-dealkylation sites (N-methyl/N-ethyl adjacent to an activating group) is 1. The fraction of sp³-hybridized carbons (Fsp3) is 0.409. The molecule has 1 aromatic heterocycles. The summed E-state index contributed by atoms with van der Waals surface area (Å²) in [5.74, 6) is 0.445. The van der Waals surface area contributed by atoms with Crippen molar-refractivity contribution >= 4 is 41.5 Å². The molecule has 1 unspecified atom stereocenters. The Morgan fingerprint density at radius 1 is 1.07 bits per heavy atom. The average molecular weight is 524 g/mol. The number of carbonyl (C=O) groups is 1. The van der Waals surface area contributed by atoms with E-state index in [0.29, 0.717) is 18.2 Å². The first-order chi connectivity index (χ1) is 14.2. The minimum atomic E-state index is -0.182. The molecule has 2 aromatic rings. The molecule has 0 aliphatic carbocycles. The molecule has 1 heterocycles. The monoisotopic (exact) mass is 524 g/mol. The average Bonchev–Trinajstić information content (AvgIpc) is 2.76. The summed E-state index contributed by atoms with van der Waals surface area (Å²) in [4.78, 5) is 23.0. The fourth-order valence-electron chi connectivity index (χ4n) is 3.12. The van der Waals surface area contributed by atoms with Gasteiger partial charge in [-0.15, -0.1) is 24.0 Å². The molecular weight excluding hydrogens is 491 g/mol. The molecular formula is C22H33IN6O. The quantitative estimate of drug-likeness (QED) is 0.253. The number of carbonyl (C=O) groups excluding carboxylic acids is 1. The van der Waals surface area contributed by atoms with Crippen LogP contribution in [0.1, 0.15) is 32.4 Å². The highest BCUT2D eigenvalue weighted by molar-refractivity contribution is 14.0. The number of guanidine groups is 1. The predicted octanol–water partition coefficient (Wildman–Crippen LogP) is 3.28. The van der Waals surface area contributed by atoms with Crippen molar-refractivity contribution in [2.45, 2.75) is 26.8 Å². The molecule has 3 N–H and O–H groups in total. The maximum atomic E-state index is 12.2. The summed E-state index contributed by atoms with van der Waals surface area (Å²) in [5, 5.41) is 9.40. The van der Waals surface area contributed by atoms with Gasteiger partial charge in [0.05, 0.1) is 17.9 Å². The van der Waals surface area contributed by atoms with Crippen molar-refractivity contribution in [3.05, 3.63) is 60.4 Å². The molecule has 7 nitrogen and oxygen atoms in total. The lowest BCUT2D eigenvalue weighted by Crippen LogP contribution is -2.43. The number of aliphatic imine (C=N–C) groups is 1. The van der Waals surface area contributed by atoms with Crippen molar-refractivity contribution in [3.8, 4) is 0 Å². The van der Waals surface area contributed by atoms with E-state index in [1.807, 2.05) is 13.0 Å². The van der Waals surface area contributed by atoms with Gasteiger partial charge in [0.2, 0.25) is 5.91 Å². The van der Waals surface area contributed by atoms with Crippen molar-refractivity contribution in [1.82, 2.24) is 20.5 Å². The van der Waals surface area contributed by atoms with Gasteiger partial charge >= 0.3 is 0 Å². The Balaban J connectivity index is 0.00000450. The van der Waals surface area contributed by atoms with Gasteiger partial charge < -0.3 is 16.0 Å². The normalized spacial score (nSPS) is 12.1. The highest BCUT2D eigenvalue weighted by atomic mass is 127. The number of pyridine rings is 1. The second kappa shape index (κ2) is 14.7. The van der Waals surface area contributed by atoms with Crippen molar-refractivity contribution in [2.24, 2.45) is 4.99 Å². The van der Waals surface area contributed by atoms with Crippen LogP contribution in [0.15, 0.2) is 59.9 Å². The summed E-state index contributed by atoms with van der Waals surface area (Å²) in [5.41, 5.74) is 1.92. The zero-order chi connectivity index (χ0) is 20.9. The molecule has 164 valence electrons. The lowest BCUT2D eigenvalue weighted by atomic mass is 10.1. The van der Waals surface area contributed by atoms with E-state index >= 15 is 0 Å². The Hall–Kier alpha value is -2.20. The molecule has 0 aliphatic heterocycles. The van der Waals surface area contributed by atoms with Gasteiger partial charge in [0.25, 0.3) is 0 Å². The van der Waals surface area contributed by atoms with Crippen molar-refractivity contribution < 1.29 is 4.79 Å². The van der Waals surface area contributed by atoms with Crippen LogP contribution in [0.25, 0.3) is 0 Å². The molecule has 0 radical (unpaired) electrons. The second-order valence-corrected chi connectivity index (χ2v) is 6.51. The maximum absolute atomic E-state index is 12.2. The lowest BCUT2D eigenvalue weighted by molar-refractivity contribution is -0.114. The van der Waals surface area contributed by atoms with Gasteiger partial charge in [0.1, 0.15) is 6.54 Å². The zero-order valence-corrected chi connectivity index (χ0v) is 20.3. The second-order valence-electron chi connectivity index (χ2n) is 6.51. The third-order valence-electron chi connectivity index (χ3n) is 4.57. The molecule has 0 saturated heterocycles. The van der Waals surface area contributed by atoms with Crippen LogP contribution in [0.4, 0.5) is 5.69 Å². The van der Waals surface area contributed by atoms with E-state index in [4.69, 9.17) is 0 Å². The van der Waals surface area contributed by atoms with Gasteiger partial charge in [-0.3, -0.25) is 14.7 Å². The third kappa shape index (κ3) is 8.66. The highest BCUT2D eigenvalue weighted by Crippen LogP contribution is 2.19. The first-order valence-electron chi connectivity index (χ1n) is 10.2. The Labute approximate surface area is 196 Å². The lowest BCUT2D eigenvalue weighted by Gasteiger charge is -2.30. The molecule has 1 amide bonds. The molecule has 1 atom stereocenters. The molecule has 0 spiro atoms. The SMILES string of the molecule is CCNC(=NCC(=O)Nc1cccnc1)NCC(c1ccccc1)N(CC)CC.I. The molecule has 0 bridgehead atoms. The molecule has 0 saturated carbocycles. The first kappa shape index (κ1) is 25.8. The number of halogens is 1. The highest BCUT2D eigenvalue weighted by Gasteiger charge is 2.18. The van der Waals surface area contributed by atoms with Crippen LogP contribution in [0.2, 0.25) is 0 Å². The molecule has 0 aliphatic rings. The summed E-state index contributed by atoms with van der Waals surface area (Å²) in [6, 6.07) is 14.3. The van der Waals surface area contributed by atoms with E-state index in [1.165, 1.54) is 5.56 Å². The summed E-state index contributed by atoms with van der Waals surface area (Å²) in [7, 11) is 0. The van der Waals surface area contributed by atoms with Gasteiger partial charge in [-0.1, -0.05) is 44.2 Å². The van der Waals surface area contributed by atoms with E-state index in [0.717, 1.165) is 19.6 Å². The van der Waals surface area contributed by atoms with E-state index in [1.54, 1.807) is 24.5 Å². The minimum Gasteiger partial charge on any atom is -0.357 e. The summed E-state index contributed by atoms with van der Waals surface area (Å²) in [6.07, 6.45) is 3.28. The predicted molar refractivity (Wildman–Crippen MR) is 134 cm³/mol. The molecule has 8 heteroatoms. The van der Waals surface area contributed by atoms with Crippen molar-refractivity contribution in [1.29, 1.82) is 0 Å². The van der Waals surface area contributed by atoms with Crippen LogP contribution >= 0.6 is 24.0 Å². The number of rotatable bonds is 10. The van der Waals surface area contributed by atoms with Gasteiger partial charge in [-0.05, 0) is 37.7 Å². The van der Waals surface area contributed by atoms with Crippen molar-refractivity contribution in [3.63, 3.8) is 0 Å². The summed E-state index contributed by atoms with van der Waals surface area (Å²) in [6.45, 7) is 9.71. The van der Waals surface area contributed by atoms with Crippen molar-refractivity contribution in [2.75, 3.05) is 38.0 Å². The standard InChI is InChI=1S/C22H32N6O.HI/c1-4-24-22(26-17-21(29)27-19-13-10-14-23-15-19)25-16-20(28(5-2)6-3)18-11-8-7-9-12-18;/h7-15,20H,4-6,16-17H2,1-3H3,(H,27,29)(H2,24,25,26);1H. The molecule has 0 fully saturated rings. The number of amides is 1. The number of hydrogen-bond acceptors (Lipinski definition) is 4. The van der Waals surface area contributed by atoms with Gasteiger partial charge in [0.15, 0.2) is 5.96 Å². The van der Waals surface area contributed by atoms with Crippen LogP contribution in [0, 0.1) is 0 Å². The maximum Gasteiger partial charge on any atom is 0.246 e. The van der Waals surface area contributed by atoms with Crippen LogP contribution in [-0.2, 0) is 4.79 Å². The number of aromatic nitrogens is 1. The number of anilines is 1. The number of nitrogens with one attached hydrogen (secondary N) is 3.